The Hall–Kier alpha value is -4.04. The van der Waals surface area contributed by atoms with E-state index in [2.05, 4.69) is 10.1 Å². The van der Waals surface area contributed by atoms with Crippen molar-refractivity contribution in [1.82, 2.24) is 19.2 Å². The summed E-state index contributed by atoms with van der Waals surface area (Å²) in [4.78, 5) is 17.8. The third-order valence-corrected chi connectivity index (χ3v) is 5.37. The first kappa shape index (κ1) is 19.9. The lowest BCUT2D eigenvalue weighted by atomic mass is 10.1. The van der Waals surface area contributed by atoms with Gasteiger partial charge in [0.2, 0.25) is 5.89 Å². The topological polar surface area (TPSA) is 85.6 Å². The Bertz CT molecular complexity index is 1470. The fourth-order valence-electron chi connectivity index (χ4n) is 3.71. The van der Waals surface area contributed by atoms with Gasteiger partial charge in [0.25, 0.3) is 5.56 Å². The quantitative estimate of drug-likeness (QED) is 0.458. The van der Waals surface area contributed by atoms with E-state index in [1.807, 2.05) is 37.3 Å². The minimum absolute atomic E-state index is 0.208. The summed E-state index contributed by atoms with van der Waals surface area (Å²) in [5.74, 6) is 0.744. The van der Waals surface area contributed by atoms with Crippen molar-refractivity contribution in [3.8, 4) is 22.7 Å². The van der Waals surface area contributed by atoms with Crippen molar-refractivity contribution in [1.29, 1.82) is 0 Å². The molecule has 0 saturated heterocycles. The Morgan fingerprint density at radius 1 is 1.03 bits per heavy atom. The largest absolute Gasteiger partial charge is 0.441 e. The van der Waals surface area contributed by atoms with Gasteiger partial charge in [-0.2, -0.15) is 5.10 Å². The van der Waals surface area contributed by atoms with Crippen molar-refractivity contribution in [3.63, 3.8) is 0 Å². The van der Waals surface area contributed by atoms with Crippen LogP contribution in [0.5, 0.6) is 0 Å². The van der Waals surface area contributed by atoms with Gasteiger partial charge in [0.05, 0.1) is 18.8 Å². The first-order valence-corrected chi connectivity index (χ1v) is 10.0. The van der Waals surface area contributed by atoms with Crippen LogP contribution in [0.15, 0.2) is 76.2 Å². The number of rotatable bonds is 5. The molecule has 0 spiro atoms. The van der Waals surface area contributed by atoms with Crippen LogP contribution in [-0.4, -0.2) is 24.3 Å². The van der Waals surface area contributed by atoms with Gasteiger partial charge >= 0.3 is 0 Å². The lowest BCUT2D eigenvalue weighted by Crippen LogP contribution is -2.23. The molecule has 3 heterocycles. The third-order valence-electron chi connectivity index (χ3n) is 5.37. The maximum Gasteiger partial charge on any atom is 0.277 e. The van der Waals surface area contributed by atoms with Gasteiger partial charge in [0.1, 0.15) is 22.8 Å². The first-order chi connectivity index (χ1) is 15.5. The van der Waals surface area contributed by atoms with Gasteiger partial charge in [-0.05, 0) is 43.3 Å². The SMILES string of the molecule is Cc1oc(-c2ccccc2)nc1Cn1ccn2nc(-c3ccc(F)cc3)c(CO)c2c1=O. The molecule has 0 radical (unpaired) electrons. The molecule has 0 unspecified atom stereocenters. The molecule has 0 bridgehead atoms. The van der Waals surface area contributed by atoms with E-state index in [0.717, 1.165) is 5.56 Å². The Kier molecular flexibility index (Phi) is 4.91. The number of benzene rings is 2. The van der Waals surface area contributed by atoms with Gasteiger partial charge in [-0.15, -0.1) is 0 Å². The van der Waals surface area contributed by atoms with Crippen LogP contribution < -0.4 is 5.56 Å². The van der Waals surface area contributed by atoms with Crippen molar-refractivity contribution in [2.75, 3.05) is 0 Å². The van der Waals surface area contributed by atoms with Crippen LogP contribution in [0.3, 0.4) is 0 Å². The van der Waals surface area contributed by atoms with Crippen molar-refractivity contribution in [2.45, 2.75) is 20.1 Å². The molecule has 5 rings (SSSR count). The predicted octanol–water partition coefficient (Wildman–Crippen LogP) is 3.81. The lowest BCUT2D eigenvalue weighted by Gasteiger charge is -2.05. The summed E-state index contributed by atoms with van der Waals surface area (Å²) in [6, 6.07) is 15.3. The first-order valence-electron chi connectivity index (χ1n) is 10.0. The van der Waals surface area contributed by atoms with E-state index >= 15 is 0 Å². The van der Waals surface area contributed by atoms with E-state index < -0.39 is 0 Å². The van der Waals surface area contributed by atoms with Crippen LogP contribution >= 0.6 is 0 Å². The van der Waals surface area contributed by atoms with Gasteiger partial charge in [-0.3, -0.25) is 4.79 Å². The molecule has 0 saturated carbocycles. The lowest BCUT2D eigenvalue weighted by molar-refractivity contribution is 0.283. The van der Waals surface area contributed by atoms with Gasteiger partial charge in [0.15, 0.2) is 0 Å². The second-order valence-electron chi connectivity index (χ2n) is 7.40. The average Bonchev–Trinajstić information content (AvgIpc) is 3.37. The van der Waals surface area contributed by atoms with E-state index in [1.165, 1.54) is 21.2 Å². The number of halogens is 1. The fourth-order valence-corrected chi connectivity index (χ4v) is 3.71. The molecule has 0 fully saturated rings. The number of fused-ring (bicyclic) bond motifs is 1. The standard InChI is InChI=1S/C24H19FN4O3/c1-15-20(26-23(32-15)17-5-3-2-4-6-17)13-28-11-12-29-22(24(28)31)19(14-30)21(27-29)16-7-9-18(25)10-8-16/h2-12,30H,13-14H2,1H3. The molecule has 7 nitrogen and oxygen atoms in total. The van der Waals surface area contributed by atoms with Gasteiger partial charge in [0, 0.05) is 29.1 Å². The molecule has 5 aromatic rings. The van der Waals surface area contributed by atoms with Gasteiger partial charge in [-0.25, -0.2) is 13.9 Å². The van der Waals surface area contributed by atoms with E-state index in [4.69, 9.17) is 4.42 Å². The van der Waals surface area contributed by atoms with Crippen LogP contribution in [0.4, 0.5) is 4.39 Å². The summed E-state index contributed by atoms with van der Waals surface area (Å²) in [5, 5.41) is 14.4. The summed E-state index contributed by atoms with van der Waals surface area (Å²) in [6.07, 6.45) is 3.27. The highest BCUT2D eigenvalue weighted by Gasteiger charge is 2.19. The number of aromatic nitrogens is 4. The number of oxazole rings is 1. The molecule has 0 amide bonds. The number of nitrogens with zero attached hydrogens (tertiary/aromatic N) is 4. The maximum absolute atomic E-state index is 13.3. The van der Waals surface area contributed by atoms with Crippen LogP contribution in [0.2, 0.25) is 0 Å². The van der Waals surface area contributed by atoms with E-state index in [0.29, 0.717) is 34.2 Å². The zero-order valence-corrected chi connectivity index (χ0v) is 17.2. The number of aliphatic hydroxyl groups is 1. The number of hydrogen-bond donors (Lipinski definition) is 1. The Balaban J connectivity index is 1.56. The van der Waals surface area contributed by atoms with Crippen molar-refractivity contribution in [3.05, 3.63) is 100 Å². The highest BCUT2D eigenvalue weighted by atomic mass is 19.1. The second-order valence-corrected chi connectivity index (χ2v) is 7.40. The van der Waals surface area contributed by atoms with Crippen molar-refractivity contribution >= 4 is 5.52 Å². The summed E-state index contributed by atoms with van der Waals surface area (Å²) in [5.41, 5.74) is 2.87. The maximum atomic E-state index is 13.3. The van der Waals surface area contributed by atoms with Gasteiger partial charge in [-0.1, -0.05) is 18.2 Å². The van der Waals surface area contributed by atoms with Crippen LogP contribution in [0.1, 0.15) is 17.0 Å². The summed E-state index contributed by atoms with van der Waals surface area (Å²) >= 11 is 0. The fraction of sp³-hybridized carbons (Fsp3) is 0.125. The van der Waals surface area contributed by atoms with Crippen molar-refractivity contribution < 1.29 is 13.9 Å². The van der Waals surface area contributed by atoms with Crippen LogP contribution in [0, 0.1) is 12.7 Å². The molecule has 0 aliphatic rings. The van der Waals surface area contributed by atoms with E-state index in [-0.39, 0.29) is 30.0 Å². The molecule has 8 heteroatoms. The smallest absolute Gasteiger partial charge is 0.277 e. The molecule has 160 valence electrons. The van der Waals surface area contributed by atoms with Gasteiger partial charge < -0.3 is 14.1 Å². The molecular formula is C24H19FN4O3. The minimum Gasteiger partial charge on any atom is -0.441 e. The Morgan fingerprint density at radius 2 is 1.78 bits per heavy atom. The molecule has 32 heavy (non-hydrogen) atoms. The molecule has 3 aromatic heterocycles. The molecule has 0 aliphatic heterocycles. The predicted molar refractivity (Wildman–Crippen MR) is 117 cm³/mol. The zero-order chi connectivity index (χ0) is 22.2. The molecule has 2 aromatic carbocycles. The highest BCUT2D eigenvalue weighted by Crippen LogP contribution is 2.26. The zero-order valence-electron chi connectivity index (χ0n) is 17.2. The summed E-state index contributed by atoms with van der Waals surface area (Å²) in [7, 11) is 0. The number of aryl methyl sites for hydroxylation is 1. The Labute approximate surface area is 182 Å². The molecular weight excluding hydrogens is 411 g/mol. The minimum atomic E-state index is -0.378. The second kappa shape index (κ2) is 7.90. The summed E-state index contributed by atoms with van der Waals surface area (Å²) < 4.78 is 22.1. The molecule has 0 atom stereocenters. The monoisotopic (exact) mass is 430 g/mol. The van der Waals surface area contributed by atoms with Crippen LogP contribution in [0.25, 0.3) is 28.2 Å². The highest BCUT2D eigenvalue weighted by molar-refractivity contribution is 5.72. The van der Waals surface area contributed by atoms with Crippen LogP contribution in [-0.2, 0) is 13.2 Å². The number of hydrogen-bond acceptors (Lipinski definition) is 5. The Morgan fingerprint density at radius 3 is 2.50 bits per heavy atom. The van der Waals surface area contributed by atoms with E-state index in [1.54, 1.807) is 24.5 Å². The molecule has 0 aliphatic carbocycles. The average molecular weight is 430 g/mol. The summed E-state index contributed by atoms with van der Waals surface area (Å²) in [6.45, 7) is 1.64. The third kappa shape index (κ3) is 3.40. The van der Waals surface area contributed by atoms with Crippen molar-refractivity contribution in [2.24, 2.45) is 0 Å². The molecule has 1 N–H and O–H groups in total. The van der Waals surface area contributed by atoms with E-state index in [9.17, 15) is 14.3 Å². The number of aliphatic hydroxyl groups excluding tert-OH is 1. The normalized spacial score (nSPS) is 11.3.